The molecular formula is C16H16Cl2N2O4S. The summed E-state index contributed by atoms with van der Waals surface area (Å²) in [6, 6.07) is 10.7. The van der Waals surface area contributed by atoms with Gasteiger partial charge in [-0.2, -0.15) is 4.31 Å². The minimum Gasteiger partial charge on any atom is -0.495 e. The number of amides is 1. The quantitative estimate of drug-likeness (QED) is 0.804. The number of nitrogens with zero attached hydrogens (tertiary/aromatic N) is 1. The summed E-state index contributed by atoms with van der Waals surface area (Å²) in [5.41, 5.74) is 0.514. The number of halogens is 2. The summed E-state index contributed by atoms with van der Waals surface area (Å²) in [7, 11) is -1.30. The molecule has 9 heteroatoms. The zero-order valence-corrected chi connectivity index (χ0v) is 15.8. The van der Waals surface area contributed by atoms with E-state index < -0.39 is 15.9 Å². The van der Waals surface area contributed by atoms with Gasteiger partial charge in [-0.25, -0.2) is 8.42 Å². The van der Waals surface area contributed by atoms with Gasteiger partial charge in [0.05, 0.1) is 13.7 Å². The summed E-state index contributed by atoms with van der Waals surface area (Å²) in [5, 5.41) is 3.38. The molecule has 1 amide bonds. The topological polar surface area (TPSA) is 75.7 Å². The van der Waals surface area contributed by atoms with Crippen molar-refractivity contribution in [2.45, 2.75) is 4.90 Å². The Kier molecular flexibility index (Phi) is 6.29. The number of methoxy groups -OCH3 is 1. The Morgan fingerprint density at radius 3 is 2.32 bits per heavy atom. The fourth-order valence-electron chi connectivity index (χ4n) is 2.04. The van der Waals surface area contributed by atoms with Crippen molar-refractivity contribution in [3.63, 3.8) is 0 Å². The van der Waals surface area contributed by atoms with Crippen molar-refractivity contribution in [2.24, 2.45) is 0 Å². The van der Waals surface area contributed by atoms with E-state index in [1.54, 1.807) is 24.3 Å². The van der Waals surface area contributed by atoms with Gasteiger partial charge in [0.15, 0.2) is 0 Å². The monoisotopic (exact) mass is 402 g/mol. The van der Waals surface area contributed by atoms with Crippen LogP contribution in [0, 0.1) is 0 Å². The van der Waals surface area contributed by atoms with Crippen molar-refractivity contribution in [1.82, 2.24) is 4.31 Å². The van der Waals surface area contributed by atoms with Crippen LogP contribution in [0.25, 0.3) is 0 Å². The Hall–Kier alpha value is -1.80. The smallest absolute Gasteiger partial charge is 0.247 e. The molecule has 2 aromatic rings. The van der Waals surface area contributed by atoms with E-state index in [1.807, 2.05) is 0 Å². The molecule has 0 spiro atoms. The Labute approximate surface area is 156 Å². The fourth-order valence-corrected chi connectivity index (χ4v) is 3.71. The number of hydrogen-bond donors (Lipinski definition) is 1. The number of benzene rings is 2. The molecule has 0 radical (unpaired) electrons. The summed E-state index contributed by atoms with van der Waals surface area (Å²) in [6.45, 7) is -0.374. The molecule has 0 aliphatic carbocycles. The fraction of sp³-hybridized carbons (Fsp3) is 0.188. The predicted molar refractivity (Wildman–Crippen MR) is 97.9 cm³/mol. The first-order valence-corrected chi connectivity index (χ1v) is 9.29. The average Bonchev–Trinajstić information content (AvgIpc) is 2.56. The van der Waals surface area contributed by atoms with E-state index >= 15 is 0 Å². The molecule has 0 heterocycles. The number of carbonyl (C=O) groups is 1. The van der Waals surface area contributed by atoms with Crippen molar-refractivity contribution < 1.29 is 17.9 Å². The number of rotatable bonds is 6. The highest BCUT2D eigenvalue weighted by molar-refractivity contribution is 7.89. The molecule has 0 saturated carbocycles. The standard InChI is InChI=1S/C16H16Cl2N2O4S/c1-20(10-16(21)19-13-6-3-11(17)4-7-13)25(22,23)15-9-12(18)5-8-14(15)24-2/h3-9H,10H2,1-2H3,(H,19,21). The van der Waals surface area contributed by atoms with Crippen molar-refractivity contribution in [1.29, 1.82) is 0 Å². The first kappa shape index (κ1) is 19.5. The second-order valence-corrected chi connectivity index (χ2v) is 8.00. The highest BCUT2D eigenvalue weighted by Gasteiger charge is 2.26. The van der Waals surface area contributed by atoms with Crippen LogP contribution in [0.2, 0.25) is 10.0 Å². The van der Waals surface area contributed by atoms with Crippen molar-refractivity contribution in [3.05, 3.63) is 52.5 Å². The van der Waals surface area contributed by atoms with Gasteiger partial charge >= 0.3 is 0 Å². The highest BCUT2D eigenvalue weighted by atomic mass is 35.5. The van der Waals surface area contributed by atoms with Gasteiger partial charge in [0, 0.05) is 22.8 Å². The van der Waals surface area contributed by atoms with Gasteiger partial charge in [-0.15, -0.1) is 0 Å². The predicted octanol–water partition coefficient (Wildman–Crippen LogP) is 3.26. The lowest BCUT2D eigenvalue weighted by molar-refractivity contribution is -0.116. The van der Waals surface area contributed by atoms with Gasteiger partial charge in [-0.3, -0.25) is 4.79 Å². The summed E-state index contributed by atoms with van der Waals surface area (Å²) in [5.74, 6) is -0.344. The van der Waals surface area contributed by atoms with E-state index in [-0.39, 0.29) is 22.2 Å². The Morgan fingerprint density at radius 1 is 1.12 bits per heavy atom. The van der Waals surface area contributed by atoms with E-state index in [1.165, 1.54) is 32.4 Å². The van der Waals surface area contributed by atoms with Gasteiger partial charge in [0.25, 0.3) is 0 Å². The van der Waals surface area contributed by atoms with Crippen molar-refractivity contribution in [2.75, 3.05) is 26.0 Å². The normalized spacial score (nSPS) is 11.4. The number of likely N-dealkylation sites (N-methyl/N-ethyl adjacent to an activating group) is 1. The van der Waals surface area contributed by atoms with Gasteiger partial charge in [-0.1, -0.05) is 23.2 Å². The molecule has 25 heavy (non-hydrogen) atoms. The van der Waals surface area contributed by atoms with Crippen LogP contribution in [0.4, 0.5) is 5.69 Å². The Bertz CT molecular complexity index is 870. The molecule has 0 saturated heterocycles. The molecule has 1 N–H and O–H groups in total. The lowest BCUT2D eigenvalue weighted by Gasteiger charge is -2.18. The van der Waals surface area contributed by atoms with Gasteiger partial charge in [0.2, 0.25) is 15.9 Å². The van der Waals surface area contributed by atoms with Gasteiger partial charge in [0.1, 0.15) is 10.6 Å². The molecule has 0 aromatic heterocycles. The minimum absolute atomic E-state index is 0.107. The zero-order chi connectivity index (χ0) is 18.6. The number of hydrogen-bond acceptors (Lipinski definition) is 4. The van der Waals surface area contributed by atoms with Crippen molar-refractivity contribution in [3.8, 4) is 5.75 Å². The largest absolute Gasteiger partial charge is 0.495 e. The number of carbonyl (C=O) groups excluding carboxylic acids is 1. The summed E-state index contributed by atoms with van der Waals surface area (Å²) in [4.78, 5) is 12.0. The molecular weight excluding hydrogens is 387 g/mol. The Balaban J connectivity index is 2.16. The Morgan fingerprint density at radius 2 is 1.72 bits per heavy atom. The maximum atomic E-state index is 12.7. The molecule has 0 fully saturated rings. The number of ether oxygens (including phenoxy) is 1. The SMILES string of the molecule is COc1ccc(Cl)cc1S(=O)(=O)N(C)CC(=O)Nc1ccc(Cl)cc1. The lowest BCUT2D eigenvalue weighted by atomic mass is 10.3. The van der Waals surface area contributed by atoms with Crippen LogP contribution in [-0.4, -0.2) is 39.3 Å². The van der Waals surface area contributed by atoms with Crippen LogP contribution < -0.4 is 10.1 Å². The van der Waals surface area contributed by atoms with Gasteiger partial charge in [-0.05, 0) is 42.5 Å². The first-order chi connectivity index (χ1) is 11.7. The molecule has 6 nitrogen and oxygen atoms in total. The highest BCUT2D eigenvalue weighted by Crippen LogP contribution is 2.29. The molecule has 0 unspecified atom stereocenters. The van der Waals surface area contributed by atoms with Crippen LogP contribution in [-0.2, 0) is 14.8 Å². The van der Waals surface area contributed by atoms with Crippen LogP contribution in [0.5, 0.6) is 5.75 Å². The van der Waals surface area contributed by atoms with E-state index in [9.17, 15) is 13.2 Å². The van der Waals surface area contributed by atoms with E-state index in [0.29, 0.717) is 10.7 Å². The second-order valence-electron chi connectivity index (χ2n) is 5.11. The average molecular weight is 403 g/mol. The van der Waals surface area contributed by atoms with Gasteiger partial charge < -0.3 is 10.1 Å². The summed E-state index contributed by atoms with van der Waals surface area (Å²) in [6.07, 6.45) is 0. The van der Waals surface area contributed by atoms with Crippen molar-refractivity contribution >= 4 is 44.8 Å². The third-order valence-corrected chi connectivity index (χ3v) is 5.62. The molecule has 134 valence electrons. The minimum atomic E-state index is -3.96. The van der Waals surface area contributed by atoms with Crippen LogP contribution in [0.3, 0.4) is 0 Å². The molecule has 2 aromatic carbocycles. The van der Waals surface area contributed by atoms with Crippen LogP contribution in [0.1, 0.15) is 0 Å². The molecule has 0 bridgehead atoms. The van der Waals surface area contributed by atoms with E-state index in [0.717, 1.165) is 4.31 Å². The maximum Gasteiger partial charge on any atom is 0.247 e. The first-order valence-electron chi connectivity index (χ1n) is 7.09. The van der Waals surface area contributed by atoms with Crippen LogP contribution in [0.15, 0.2) is 47.4 Å². The maximum absolute atomic E-state index is 12.7. The molecule has 0 aliphatic heterocycles. The zero-order valence-electron chi connectivity index (χ0n) is 13.5. The molecule has 0 aliphatic rings. The lowest BCUT2D eigenvalue weighted by Crippen LogP contribution is -2.35. The van der Waals surface area contributed by atoms with E-state index in [4.69, 9.17) is 27.9 Å². The summed E-state index contributed by atoms with van der Waals surface area (Å²) >= 11 is 11.7. The summed E-state index contributed by atoms with van der Waals surface area (Å²) < 4.78 is 31.4. The number of sulfonamides is 1. The van der Waals surface area contributed by atoms with Crippen LogP contribution >= 0.6 is 23.2 Å². The number of nitrogens with one attached hydrogen (secondary N) is 1. The third-order valence-electron chi connectivity index (χ3n) is 3.31. The molecule has 2 rings (SSSR count). The third kappa shape index (κ3) is 4.85. The van der Waals surface area contributed by atoms with E-state index in [2.05, 4.69) is 5.32 Å². The molecule has 0 atom stereocenters. The second kappa shape index (κ2) is 8.05. The number of anilines is 1.